The maximum atomic E-state index is 13.3. The molecule has 2 heterocycles. The van der Waals surface area contributed by atoms with Crippen LogP contribution in [0.25, 0.3) is 0 Å². The van der Waals surface area contributed by atoms with Crippen molar-refractivity contribution in [2.24, 2.45) is 7.05 Å². The van der Waals surface area contributed by atoms with Gasteiger partial charge in [0.25, 0.3) is 0 Å². The Morgan fingerprint density at radius 2 is 1.76 bits per heavy atom. The van der Waals surface area contributed by atoms with E-state index in [1.807, 2.05) is 60.3 Å². The van der Waals surface area contributed by atoms with Crippen LogP contribution in [0.3, 0.4) is 0 Å². The number of hydrogen-bond donors (Lipinski definition) is 0. The van der Waals surface area contributed by atoms with Crippen LogP contribution in [0.5, 0.6) is 5.75 Å². The topological polar surface area (TPSA) is 77.2 Å². The van der Waals surface area contributed by atoms with Crippen LogP contribution in [0, 0.1) is 0 Å². The average Bonchev–Trinajstić information content (AvgIpc) is 3.48. The molecule has 3 aromatic rings. The van der Waals surface area contributed by atoms with Crippen LogP contribution in [0.4, 0.5) is 0 Å². The van der Waals surface area contributed by atoms with Crippen molar-refractivity contribution in [3.05, 3.63) is 78.0 Å². The van der Waals surface area contributed by atoms with Crippen molar-refractivity contribution in [3.63, 3.8) is 0 Å². The van der Waals surface area contributed by atoms with Crippen LogP contribution < -0.4 is 4.74 Å². The number of benzene rings is 1. The molecule has 0 aliphatic carbocycles. The molecule has 8 nitrogen and oxygen atoms in total. The smallest absolute Gasteiger partial charge is 0.242 e. The molecule has 0 spiro atoms. The summed E-state index contributed by atoms with van der Waals surface area (Å²) in [4.78, 5) is 29.7. The van der Waals surface area contributed by atoms with Crippen molar-refractivity contribution in [1.29, 1.82) is 0 Å². The predicted octanol–water partition coefficient (Wildman–Crippen LogP) is 2.87. The van der Waals surface area contributed by atoms with E-state index < -0.39 is 0 Å². The van der Waals surface area contributed by atoms with E-state index in [0.29, 0.717) is 32.0 Å². The largest absolute Gasteiger partial charge is 0.497 e. The molecule has 0 atom stereocenters. The van der Waals surface area contributed by atoms with Crippen LogP contribution in [-0.2, 0) is 40.9 Å². The van der Waals surface area contributed by atoms with E-state index in [-0.39, 0.29) is 24.8 Å². The van der Waals surface area contributed by atoms with Gasteiger partial charge in [0, 0.05) is 32.6 Å². The van der Waals surface area contributed by atoms with Gasteiger partial charge < -0.3 is 28.3 Å². The fourth-order valence-corrected chi connectivity index (χ4v) is 3.47. The minimum atomic E-state index is -0.160. The summed E-state index contributed by atoms with van der Waals surface area (Å²) in [6.45, 7) is 1.37. The number of carbonyl (C=O) groups is 2. The van der Waals surface area contributed by atoms with Gasteiger partial charge in [0.15, 0.2) is 0 Å². The highest BCUT2D eigenvalue weighted by Crippen LogP contribution is 2.14. The third kappa shape index (κ3) is 6.98. The number of aryl methyl sites for hydroxylation is 1. The lowest BCUT2D eigenvalue weighted by molar-refractivity contribution is -0.141. The van der Waals surface area contributed by atoms with Crippen molar-refractivity contribution < 1.29 is 23.5 Å². The van der Waals surface area contributed by atoms with E-state index in [9.17, 15) is 9.59 Å². The zero-order valence-corrected chi connectivity index (χ0v) is 19.4. The van der Waals surface area contributed by atoms with Gasteiger partial charge in [-0.05, 0) is 42.0 Å². The van der Waals surface area contributed by atoms with E-state index in [1.54, 1.807) is 36.3 Å². The van der Waals surface area contributed by atoms with E-state index in [4.69, 9.17) is 13.9 Å². The second kappa shape index (κ2) is 11.9. The average molecular weight is 454 g/mol. The summed E-state index contributed by atoms with van der Waals surface area (Å²) in [7, 11) is 5.11. The first-order chi connectivity index (χ1) is 16.0. The van der Waals surface area contributed by atoms with Crippen molar-refractivity contribution in [2.75, 3.05) is 33.9 Å². The lowest BCUT2D eigenvalue weighted by Gasteiger charge is -2.27. The van der Waals surface area contributed by atoms with E-state index in [1.165, 1.54) is 0 Å². The number of furan rings is 1. The Labute approximate surface area is 194 Å². The van der Waals surface area contributed by atoms with Gasteiger partial charge in [-0.25, -0.2) is 0 Å². The summed E-state index contributed by atoms with van der Waals surface area (Å²) in [6.07, 6.45) is 3.72. The van der Waals surface area contributed by atoms with Gasteiger partial charge in [-0.15, -0.1) is 0 Å². The van der Waals surface area contributed by atoms with Gasteiger partial charge in [0.1, 0.15) is 11.5 Å². The third-order valence-electron chi connectivity index (χ3n) is 5.44. The molecular formula is C25H31N3O5. The molecule has 3 rings (SSSR count). The second-order valence-electron chi connectivity index (χ2n) is 7.77. The van der Waals surface area contributed by atoms with E-state index in [0.717, 1.165) is 17.0 Å². The molecule has 8 heteroatoms. The van der Waals surface area contributed by atoms with Gasteiger partial charge in [0.2, 0.25) is 11.8 Å². The van der Waals surface area contributed by atoms with Crippen LogP contribution in [0.1, 0.15) is 17.0 Å². The predicted molar refractivity (Wildman–Crippen MR) is 124 cm³/mol. The number of ether oxygens (including phenoxy) is 2. The van der Waals surface area contributed by atoms with Crippen LogP contribution in [0.2, 0.25) is 0 Å². The molecule has 0 fully saturated rings. The zero-order valence-electron chi connectivity index (χ0n) is 19.4. The molecule has 2 aromatic heterocycles. The standard InChI is InChI=1S/C25H31N3O5/c1-26-12-4-6-21(26)17-28(18-23-7-5-14-33-23)25(30)19-27(13-15-31-2)24(29)16-20-8-10-22(32-3)11-9-20/h4-12,14H,13,15-19H2,1-3H3. The van der Waals surface area contributed by atoms with Gasteiger partial charge in [0.05, 0.1) is 46.0 Å². The molecule has 0 aliphatic heterocycles. The van der Waals surface area contributed by atoms with Crippen LogP contribution in [0.15, 0.2) is 65.4 Å². The highest BCUT2D eigenvalue weighted by atomic mass is 16.5. The van der Waals surface area contributed by atoms with E-state index >= 15 is 0 Å². The Morgan fingerprint density at radius 1 is 0.970 bits per heavy atom. The zero-order chi connectivity index (χ0) is 23.6. The fraction of sp³-hybridized carbons (Fsp3) is 0.360. The maximum Gasteiger partial charge on any atom is 0.242 e. The number of rotatable bonds is 12. The van der Waals surface area contributed by atoms with Gasteiger partial charge in [-0.3, -0.25) is 9.59 Å². The highest BCUT2D eigenvalue weighted by Gasteiger charge is 2.23. The number of hydrogen-bond acceptors (Lipinski definition) is 5. The molecule has 1 aromatic carbocycles. The molecule has 176 valence electrons. The maximum absolute atomic E-state index is 13.3. The molecule has 2 amide bonds. The van der Waals surface area contributed by atoms with Crippen LogP contribution in [-0.4, -0.2) is 60.1 Å². The summed E-state index contributed by atoms with van der Waals surface area (Å²) in [6, 6.07) is 14.9. The Balaban J connectivity index is 1.72. The molecule has 0 radical (unpaired) electrons. The normalized spacial score (nSPS) is 10.8. The third-order valence-corrected chi connectivity index (χ3v) is 5.44. The molecule has 0 N–H and O–H groups in total. The molecule has 33 heavy (non-hydrogen) atoms. The Hall–Kier alpha value is -3.52. The summed E-state index contributed by atoms with van der Waals surface area (Å²) in [5, 5.41) is 0. The minimum absolute atomic E-state index is 0.0382. The fourth-order valence-electron chi connectivity index (χ4n) is 3.47. The monoisotopic (exact) mass is 453 g/mol. The molecule has 0 aliphatic rings. The lowest BCUT2D eigenvalue weighted by atomic mass is 10.1. The summed E-state index contributed by atoms with van der Waals surface area (Å²) >= 11 is 0. The number of aromatic nitrogens is 1. The van der Waals surface area contributed by atoms with Crippen molar-refractivity contribution >= 4 is 11.8 Å². The first kappa shape index (κ1) is 24.1. The minimum Gasteiger partial charge on any atom is -0.497 e. The SMILES string of the molecule is COCCN(CC(=O)N(Cc1ccco1)Cc1cccn1C)C(=O)Cc1ccc(OC)cc1. The molecule has 0 unspecified atom stereocenters. The summed E-state index contributed by atoms with van der Waals surface area (Å²) in [5.41, 5.74) is 1.84. The first-order valence-corrected chi connectivity index (χ1v) is 10.8. The molecule has 0 bridgehead atoms. The molecular weight excluding hydrogens is 422 g/mol. The Morgan fingerprint density at radius 3 is 2.36 bits per heavy atom. The highest BCUT2D eigenvalue weighted by molar-refractivity contribution is 5.86. The van der Waals surface area contributed by atoms with Gasteiger partial charge in [-0.1, -0.05) is 12.1 Å². The van der Waals surface area contributed by atoms with Crippen molar-refractivity contribution in [2.45, 2.75) is 19.5 Å². The van der Waals surface area contributed by atoms with Gasteiger partial charge >= 0.3 is 0 Å². The summed E-state index contributed by atoms with van der Waals surface area (Å²) in [5.74, 6) is 1.12. The van der Waals surface area contributed by atoms with Crippen LogP contribution >= 0.6 is 0 Å². The number of amides is 2. The molecule has 0 saturated heterocycles. The number of nitrogens with zero attached hydrogens (tertiary/aromatic N) is 3. The van der Waals surface area contributed by atoms with E-state index in [2.05, 4.69) is 0 Å². The molecule has 0 saturated carbocycles. The Bertz CT molecular complexity index is 1010. The van der Waals surface area contributed by atoms with Crippen molar-refractivity contribution in [3.8, 4) is 5.75 Å². The number of methoxy groups -OCH3 is 2. The first-order valence-electron chi connectivity index (χ1n) is 10.8. The second-order valence-corrected chi connectivity index (χ2v) is 7.77. The number of carbonyl (C=O) groups excluding carboxylic acids is 2. The van der Waals surface area contributed by atoms with Gasteiger partial charge in [-0.2, -0.15) is 0 Å². The Kier molecular flexibility index (Phi) is 8.71. The van der Waals surface area contributed by atoms with Crippen molar-refractivity contribution in [1.82, 2.24) is 14.4 Å². The quantitative estimate of drug-likeness (QED) is 0.422. The lowest BCUT2D eigenvalue weighted by Crippen LogP contribution is -2.44. The summed E-state index contributed by atoms with van der Waals surface area (Å²) < 4.78 is 17.8.